The monoisotopic (exact) mass is 376 g/mol. The van der Waals surface area contributed by atoms with Crippen LogP contribution in [0.5, 0.6) is 0 Å². The summed E-state index contributed by atoms with van der Waals surface area (Å²) in [4.78, 5) is 20.3. The molecule has 0 fully saturated rings. The van der Waals surface area contributed by atoms with Crippen molar-refractivity contribution in [1.29, 1.82) is 0 Å². The number of aryl methyl sites for hydroxylation is 2. The molecule has 0 radical (unpaired) electrons. The van der Waals surface area contributed by atoms with Gasteiger partial charge in [0.05, 0.1) is 35.0 Å². The number of pyridine rings is 1. The number of thiophene rings is 1. The quantitative estimate of drug-likeness (QED) is 0.525. The van der Waals surface area contributed by atoms with Crippen LogP contribution >= 0.6 is 11.3 Å². The summed E-state index contributed by atoms with van der Waals surface area (Å²) in [5, 5.41) is 5.50. The van der Waals surface area contributed by atoms with Crippen molar-refractivity contribution in [1.82, 2.24) is 19.7 Å². The number of carbonyl (C=O) groups excluding carboxylic acids is 1. The molecule has 0 aliphatic rings. The van der Waals surface area contributed by atoms with Crippen molar-refractivity contribution in [2.75, 3.05) is 0 Å². The number of carbonyl (C=O) groups is 1. The van der Waals surface area contributed by atoms with E-state index in [4.69, 9.17) is 0 Å². The second-order valence-corrected chi connectivity index (χ2v) is 7.62. The van der Waals surface area contributed by atoms with E-state index in [1.165, 1.54) is 11.3 Å². The second kappa shape index (κ2) is 7.32. The number of rotatable bonds is 5. The highest BCUT2D eigenvalue weighted by atomic mass is 32.1. The van der Waals surface area contributed by atoms with Gasteiger partial charge in [-0.1, -0.05) is 24.3 Å². The lowest BCUT2D eigenvalue weighted by Gasteiger charge is -2.22. The Balaban J connectivity index is 1.67. The number of hydrogen-bond donors (Lipinski definition) is 0. The molecule has 0 unspecified atom stereocenters. The SMILES string of the molecule is Cc1cc(CN(Cc2ccccn2)C(=O)c2cc3ccccc3s2)n(C)n1. The van der Waals surface area contributed by atoms with Crippen molar-refractivity contribution in [3.05, 3.63) is 82.8 Å². The Bertz CT molecular complexity index is 1050. The molecule has 3 aromatic heterocycles. The smallest absolute Gasteiger partial charge is 0.264 e. The first-order chi connectivity index (χ1) is 13.1. The van der Waals surface area contributed by atoms with Crippen LogP contribution in [0.4, 0.5) is 0 Å². The van der Waals surface area contributed by atoms with Crippen molar-refractivity contribution in [3.8, 4) is 0 Å². The number of benzene rings is 1. The van der Waals surface area contributed by atoms with E-state index in [2.05, 4.69) is 10.1 Å². The molecule has 0 aliphatic carbocycles. The van der Waals surface area contributed by atoms with Gasteiger partial charge in [-0.05, 0) is 42.6 Å². The van der Waals surface area contributed by atoms with Gasteiger partial charge in [-0.25, -0.2) is 0 Å². The summed E-state index contributed by atoms with van der Waals surface area (Å²) in [6.07, 6.45) is 1.76. The van der Waals surface area contributed by atoms with Crippen molar-refractivity contribution in [2.45, 2.75) is 20.0 Å². The number of amides is 1. The molecule has 1 aromatic carbocycles. The predicted molar refractivity (Wildman–Crippen MR) is 108 cm³/mol. The van der Waals surface area contributed by atoms with Crippen LogP contribution < -0.4 is 0 Å². The van der Waals surface area contributed by atoms with Gasteiger partial charge in [-0.3, -0.25) is 14.5 Å². The second-order valence-electron chi connectivity index (χ2n) is 6.53. The van der Waals surface area contributed by atoms with E-state index in [0.717, 1.165) is 32.0 Å². The lowest BCUT2D eigenvalue weighted by atomic mass is 10.2. The largest absolute Gasteiger partial charge is 0.326 e. The minimum Gasteiger partial charge on any atom is -0.326 e. The zero-order valence-electron chi connectivity index (χ0n) is 15.3. The van der Waals surface area contributed by atoms with Crippen molar-refractivity contribution >= 4 is 27.3 Å². The van der Waals surface area contributed by atoms with Crippen LogP contribution in [0.2, 0.25) is 0 Å². The Hall–Kier alpha value is -2.99. The van der Waals surface area contributed by atoms with Gasteiger partial charge in [-0.2, -0.15) is 5.10 Å². The van der Waals surface area contributed by atoms with Crippen LogP contribution in [0, 0.1) is 6.92 Å². The number of hydrogen-bond acceptors (Lipinski definition) is 4. The zero-order valence-corrected chi connectivity index (χ0v) is 16.1. The van der Waals surface area contributed by atoms with E-state index in [-0.39, 0.29) is 5.91 Å². The third kappa shape index (κ3) is 3.75. The summed E-state index contributed by atoms with van der Waals surface area (Å²) in [7, 11) is 1.91. The zero-order chi connectivity index (χ0) is 18.8. The topological polar surface area (TPSA) is 51.0 Å². The normalized spacial score (nSPS) is 11.0. The van der Waals surface area contributed by atoms with Gasteiger partial charge >= 0.3 is 0 Å². The molecule has 5 nitrogen and oxygen atoms in total. The van der Waals surface area contributed by atoms with Crippen LogP contribution in [-0.4, -0.2) is 25.6 Å². The molecular formula is C21H20N4OS. The van der Waals surface area contributed by atoms with E-state index in [0.29, 0.717) is 13.1 Å². The Morgan fingerprint density at radius 1 is 1.11 bits per heavy atom. The summed E-state index contributed by atoms with van der Waals surface area (Å²) < 4.78 is 2.95. The summed E-state index contributed by atoms with van der Waals surface area (Å²) in [6, 6.07) is 17.8. The first kappa shape index (κ1) is 17.4. The van der Waals surface area contributed by atoms with Gasteiger partial charge < -0.3 is 4.90 Å². The molecule has 0 saturated carbocycles. The molecule has 0 spiro atoms. The Labute approximate surface area is 161 Å². The number of nitrogens with zero attached hydrogens (tertiary/aromatic N) is 4. The molecule has 1 amide bonds. The van der Waals surface area contributed by atoms with Gasteiger partial charge in [0.25, 0.3) is 5.91 Å². The molecule has 27 heavy (non-hydrogen) atoms. The van der Waals surface area contributed by atoms with Crippen molar-refractivity contribution in [3.63, 3.8) is 0 Å². The highest BCUT2D eigenvalue weighted by Gasteiger charge is 2.21. The minimum absolute atomic E-state index is 0.0145. The highest BCUT2D eigenvalue weighted by molar-refractivity contribution is 7.20. The van der Waals surface area contributed by atoms with E-state index in [9.17, 15) is 4.79 Å². The number of fused-ring (bicyclic) bond motifs is 1. The minimum atomic E-state index is 0.0145. The average Bonchev–Trinajstić information content (AvgIpc) is 3.24. The molecule has 4 rings (SSSR count). The predicted octanol–water partition coefficient (Wildman–Crippen LogP) is 4.18. The van der Waals surface area contributed by atoms with Gasteiger partial charge in [0.2, 0.25) is 0 Å². The molecule has 6 heteroatoms. The molecule has 4 aromatic rings. The van der Waals surface area contributed by atoms with Crippen LogP contribution in [0.3, 0.4) is 0 Å². The Morgan fingerprint density at radius 3 is 2.63 bits per heavy atom. The summed E-state index contributed by atoms with van der Waals surface area (Å²) in [5.74, 6) is 0.0145. The lowest BCUT2D eigenvalue weighted by Crippen LogP contribution is -2.30. The molecule has 136 valence electrons. The maximum atomic E-state index is 13.3. The van der Waals surface area contributed by atoms with E-state index in [1.54, 1.807) is 6.20 Å². The standard InChI is InChI=1S/C21H20N4OS/c1-15-11-18(24(2)23-15)14-25(13-17-8-5-6-10-22-17)21(26)20-12-16-7-3-4-9-19(16)27-20/h3-12H,13-14H2,1-2H3. The molecular weight excluding hydrogens is 356 g/mol. The Kier molecular flexibility index (Phi) is 4.73. The highest BCUT2D eigenvalue weighted by Crippen LogP contribution is 2.27. The Morgan fingerprint density at radius 2 is 1.93 bits per heavy atom. The first-order valence-electron chi connectivity index (χ1n) is 8.77. The first-order valence-corrected chi connectivity index (χ1v) is 9.59. The molecule has 0 saturated heterocycles. The summed E-state index contributed by atoms with van der Waals surface area (Å²) in [5.41, 5.74) is 2.81. The fraction of sp³-hybridized carbons (Fsp3) is 0.190. The molecule has 0 N–H and O–H groups in total. The third-order valence-electron chi connectivity index (χ3n) is 4.45. The van der Waals surface area contributed by atoms with Crippen LogP contribution in [0.15, 0.2) is 60.8 Å². The van der Waals surface area contributed by atoms with Gasteiger partial charge in [-0.15, -0.1) is 11.3 Å². The average molecular weight is 376 g/mol. The maximum Gasteiger partial charge on any atom is 0.264 e. The fourth-order valence-corrected chi connectivity index (χ4v) is 4.17. The lowest BCUT2D eigenvalue weighted by molar-refractivity contribution is 0.0729. The van der Waals surface area contributed by atoms with E-state index in [1.807, 2.05) is 78.2 Å². The van der Waals surface area contributed by atoms with Crippen molar-refractivity contribution < 1.29 is 4.79 Å². The number of aromatic nitrogens is 3. The maximum absolute atomic E-state index is 13.3. The van der Waals surface area contributed by atoms with Gasteiger partial charge in [0, 0.05) is 17.9 Å². The van der Waals surface area contributed by atoms with E-state index >= 15 is 0 Å². The molecule has 3 heterocycles. The molecule has 0 atom stereocenters. The fourth-order valence-electron chi connectivity index (χ4n) is 3.14. The van der Waals surface area contributed by atoms with Crippen LogP contribution in [0.25, 0.3) is 10.1 Å². The van der Waals surface area contributed by atoms with Crippen LogP contribution in [0.1, 0.15) is 26.8 Å². The van der Waals surface area contributed by atoms with E-state index < -0.39 is 0 Å². The van der Waals surface area contributed by atoms with Gasteiger partial charge in [0.1, 0.15) is 0 Å². The van der Waals surface area contributed by atoms with Crippen LogP contribution in [-0.2, 0) is 20.1 Å². The summed E-state index contributed by atoms with van der Waals surface area (Å²) >= 11 is 1.53. The molecule has 0 bridgehead atoms. The van der Waals surface area contributed by atoms with Crippen molar-refractivity contribution in [2.24, 2.45) is 7.05 Å². The molecule has 0 aliphatic heterocycles. The van der Waals surface area contributed by atoms with Gasteiger partial charge in [0.15, 0.2) is 0 Å². The summed E-state index contributed by atoms with van der Waals surface area (Å²) in [6.45, 7) is 2.90. The third-order valence-corrected chi connectivity index (χ3v) is 5.56.